The molecule has 0 aromatic carbocycles. The first-order valence-electron chi connectivity index (χ1n) is 5.35. The Bertz CT molecular complexity index is 171. The third-order valence-electron chi connectivity index (χ3n) is 2.51. The van der Waals surface area contributed by atoms with Crippen LogP contribution in [0.2, 0.25) is 0 Å². The average molecular weight is 220 g/mol. The molecule has 0 saturated heterocycles. The zero-order valence-electron chi connectivity index (χ0n) is 9.72. The van der Waals surface area contributed by atoms with E-state index < -0.39 is 0 Å². The molecule has 3 heteroatoms. The van der Waals surface area contributed by atoms with Gasteiger partial charge in [0.1, 0.15) is 0 Å². The first-order valence-corrected chi connectivity index (χ1v) is 5.79. The molecule has 14 heavy (non-hydrogen) atoms. The van der Waals surface area contributed by atoms with Gasteiger partial charge in [0.05, 0.1) is 0 Å². The molecule has 0 fully saturated rings. The summed E-state index contributed by atoms with van der Waals surface area (Å²) in [6, 6.07) is 0. The molecule has 84 valence electrons. The molecule has 1 amide bonds. The van der Waals surface area contributed by atoms with E-state index in [1.807, 2.05) is 14.0 Å². The Morgan fingerprint density at radius 3 is 2.43 bits per heavy atom. The standard InChI is InChI=1S/C11H22ClNO/c1-5-9(2)8-11(14)13(4)7-6-10(3)12/h9-10H,5-8H2,1-4H3. The van der Waals surface area contributed by atoms with Crippen LogP contribution in [0.1, 0.15) is 40.0 Å². The van der Waals surface area contributed by atoms with Crippen LogP contribution in [0.15, 0.2) is 0 Å². The number of hydrogen-bond donors (Lipinski definition) is 0. The number of rotatable bonds is 6. The molecule has 0 rings (SSSR count). The van der Waals surface area contributed by atoms with E-state index in [0.717, 1.165) is 19.4 Å². The number of carbonyl (C=O) groups excluding carboxylic acids is 1. The Labute approximate surface area is 92.6 Å². The van der Waals surface area contributed by atoms with Crippen molar-refractivity contribution in [2.75, 3.05) is 13.6 Å². The highest BCUT2D eigenvalue weighted by atomic mass is 35.5. The number of alkyl halides is 1. The number of hydrogen-bond acceptors (Lipinski definition) is 1. The fourth-order valence-electron chi connectivity index (χ4n) is 1.09. The van der Waals surface area contributed by atoms with E-state index in [1.54, 1.807) is 4.90 Å². The van der Waals surface area contributed by atoms with Crippen molar-refractivity contribution in [3.05, 3.63) is 0 Å². The summed E-state index contributed by atoms with van der Waals surface area (Å²) in [5.41, 5.74) is 0. The van der Waals surface area contributed by atoms with Crippen molar-refractivity contribution in [1.82, 2.24) is 4.90 Å². The molecule has 0 saturated carbocycles. The Kier molecular flexibility index (Phi) is 6.98. The molecule has 0 radical (unpaired) electrons. The molecule has 0 heterocycles. The molecule has 0 aliphatic heterocycles. The lowest BCUT2D eigenvalue weighted by Crippen LogP contribution is -2.29. The fourth-order valence-corrected chi connectivity index (χ4v) is 1.19. The molecule has 0 spiro atoms. The van der Waals surface area contributed by atoms with E-state index in [2.05, 4.69) is 13.8 Å². The molecule has 2 atom stereocenters. The van der Waals surface area contributed by atoms with E-state index in [-0.39, 0.29) is 11.3 Å². The molecule has 0 aromatic rings. The highest BCUT2D eigenvalue weighted by Gasteiger charge is 2.12. The van der Waals surface area contributed by atoms with Gasteiger partial charge in [-0.1, -0.05) is 20.3 Å². The van der Waals surface area contributed by atoms with Gasteiger partial charge in [-0.15, -0.1) is 11.6 Å². The van der Waals surface area contributed by atoms with Crippen LogP contribution < -0.4 is 0 Å². The second kappa shape index (κ2) is 7.10. The Morgan fingerprint density at radius 1 is 1.43 bits per heavy atom. The molecule has 2 nitrogen and oxygen atoms in total. The Balaban J connectivity index is 3.76. The smallest absolute Gasteiger partial charge is 0.222 e. The predicted molar refractivity (Wildman–Crippen MR) is 61.6 cm³/mol. The van der Waals surface area contributed by atoms with Gasteiger partial charge in [0, 0.05) is 25.4 Å². The lowest BCUT2D eigenvalue weighted by Gasteiger charge is -2.19. The molecular weight excluding hydrogens is 198 g/mol. The summed E-state index contributed by atoms with van der Waals surface area (Å²) >= 11 is 5.82. The van der Waals surface area contributed by atoms with Crippen molar-refractivity contribution in [2.24, 2.45) is 5.92 Å². The minimum Gasteiger partial charge on any atom is -0.346 e. The molecule has 0 aromatic heterocycles. The van der Waals surface area contributed by atoms with Gasteiger partial charge in [-0.25, -0.2) is 0 Å². The van der Waals surface area contributed by atoms with Crippen LogP contribution >= 0.6 is 11.6 Å². The van der Waals surface area contributed by atoms with Crippen molar-refractivity contribution in [2.45, 2.75) is 45.4 Å². The zero-order chi connectivity index (χ0) is 11.1. The van der Waals surface area contributed by atoms with Crippen LogP contribution in [0.3, 0.4) is 0 Å². The number of carbonyl (C=O) groups is 1. The zero-order valence-corrected chi connectivity index (χ0v) is 10.5. The van der Waals surface area contributed by atoms with Gasteiger partial charge >= 0.3 is 0 Å². The van der Waals surface area contributed by atoms with Crippen molar-refractivity contribution >= 4 is 17.5 Å². The lowest BCUT2D eigenvalue weighted by atomic mass is 10.0. The van der Waals surface area contributed by atoms with Crippen LogP contribution in [0.5, 0.6) is 0 Å². The van der Waals surface area contributed by atoms with E-state index in [1.165, 1.54) is 0 Å². The van der Waals surface area contributed by atoms with Crippen LogP contribution in [0, 0.1) is 5.92 Å². The second-order valence-electron chi connectivity index (χ2n) is 4.10. The maximum absolute atomic E-state index is 11.6. The monoisotopic (exact) mass is 219 g/mol. The lowest BCUT2D eigenvalue weighted by molar-refractivity contribution is -0.130. The molecule has 2 unspecified atom stereocenters. The second-order valence-corrected chi connectivity index (χ2v) is 4.85. The highest BCUT2D eigenvalue weighted by Crippen LogP contribution is 2.09. The van der Waals surface area contributed by atoms with Gasteiger partial charge in [0.15, 0.2) is 0 Å². The van der Waals surface area contributed by atoms with Gasteiger partial charge in [-0.3, -0.25) is 4.79 Å². The summed E-state index contributed by atoms with van der Waals surface area (Å²) in [5, 5.41) is 0.147. The maximum atomic E-state index is 11.6. The predicted octanol–water partition coefficient (Wildman–Crippen LogP) is 2.90. The van der Waals surface area contributed by atoms with Crippen molar-refractivity contribution in [1.29, 1.82) is 0 Å². The summed E-state index contributed by atoms with van der Waals surface area (Å²) < 4.78 is 0. The van der Waals surface area contributed by atoms with Crippen molar-refractivity contribution < 1.29 is 4.79 Å². The van der Waals surface area contributed by atoms with Crippen LogP contribution in [0.25, 0.3) is 0 Å². The SMILES string of the molecule is CCC(C)CC(=O)N(C)CCC(C)Cl. The largest absolute Gasteiger partial charge is 0.346 e. The van der Waals surface area contributed by atoms with E-state index >= 15 is 0 Å². The van der Waals surface area contributed by atoms with Crippen molar-refractivity contribution in [3.8, 4) is 0 Å². The minimum absolute atomic E-state index is 0.147. The first-order chi connectivity index (χ1) is 6.47. The van der Waals surface area contributed by atoms with E-state index in [9.17, 15) is 4.79 Å². The van der Waals surface area contributed by atoms with Gasteiger partial charge in [0.2, 0.25) is 5.91 Å². The molecule has 0 aliphatic carbocycles. The quantitative estimate of drug-likeness (QED) is 0.630. The van der Waals surface area contributed by atoms with E-state index in [4.69, 9.17) is 11.6 Å². The summed E-state index contributed by atoms with van der Waals surface area (Å²) in [5.74, 6) is 0.718. The molecular formula is C11H22ClNO. The minimum atomic E-state index is 0.147. The molecule has 0 N–H and O–H groups in total. The number of amides is 1. The third kappa shape index (κ3) is 6.25. The number of halogens is 1. The Morgan fingerprint density at radius 2 is 2.00 bits per heavy atom. The summed E-state index contributed by atoms with van der Waals surface area (Å²) in [6.07, 6.45) is 2.58. The Hall–Kier alpha value is -0.240. The normalized spacial score (nSPS) is 14.9. The van der Waals surface area contributed by atoms with Crippen LogP contribution in [-0.2, 0) is 4.79 Å². The van der Waals surface area contributed by atoms with Gasteiger partial charge < -0.3 is 4.90 Å². The third-order valence-corrected chi connectivity index (χ3v) is 2.73. The summed E-state index contributed by atoms with van der Waals surface area (Å²) in [7, 11) is 1.85. The first kappa shape index (κ1) is 13.8. The van der Waals surface area contributed by atoms with Gasteiger partial charge in [-0.2, -0.15) is 0 Å². The van der Waals surface area contributed by atoms with Crippen LogP contribution in [-0.4, -0.2) is 29.8 Å². The van der Waals surface area contributed by atoms with Crippen LogP contribution in [0.4, 0.5) is 0 Å². The summed E-state index contributed by atoms with van der Waals surface area (Å²) in [4.78, 5) is 13.4. The van der Waals surface area contributed by atoms with Crippen molar-refractivity contribution in [3.63, 3.8) is 0 Å². The maximum Gasteiger partial charge on any atom is 0.222 e. The fraction of sp³-hybridized carbons (Fsp3) is 0.909. The van der Waals surface area contributed by atoms with E-state index in [0.29, 0.717) is 12.3 Å². The average Bonchev–Trinajstić information content (AvgIpc) is 2.13. The molecule has 0 bridgehead atoms. The molecule has 0 aliphatic rings. The summed E-state index contributed by atoms with van der Waals surface area (Å²) in [6.45, 7) is 6.93. The number of nitrogens with zero attached hydrogens (tertiary/aromatic N) is 1. The van der Waals surface area contributed by atoms with Gasteiger partial charge in [0.25, 0.3) is 0 Å². The highest BCUT2D eigenvalue weighted by molar-refractivity contribution is 6.20. The topological polar surface area (TPSA) is 20.3 Å². The van der Waals surface area contributed by atoms with Gasteiger partial charge in [-0.05, 0) is 19.3 Å².